The number of aliphatic hydroxyl groups excluding tert-OH is 3. The van der Waals surface area contributed by atoms with E-state index in [-0.39, 0.29) is 112 Å². The molecule has 1 heterocycles. The van der Waals surface area contributed by atoms with E-state index in [0.717, 1.165) is 0 Å². The van der Waals surface area contributed by atoms with Gasteiger partial charge in [-0.05, 0) is 0 Å². The first-order valence-corrected chi connectivity index (χ1v) is 10.1. The number of rotatable bonds is 10. The number of hydrogen-bond acceptors (Lipinski definition) is 10. The number of aliphatic hydroxyl groups is 3. The number of carboxylic acid groups (broad SMARTS) is 3. The minimum atomic E-state index is -1.22. The molecule has 1 saturated heterocycles. The van der Waals surface area contributed by atoms with Crippen molar-refractivity contribution in [2.24, 2.45) is 0 Å². The Morgan fingerprint density at radius 2 is 0.938 bits per heavy atom. The molecule has 0 saturated carbocycles. The molecule has 0 aromatic rings. The molecule has 1 rings (SSSR count). The van der Waals surface area contributed by atoms with Crippen molar-refractivity contribution < 1.29 is 85.0 Å². The average molecular weight is 608 g/mol. The summed E-state index contributed by atoms with van der Waals surface area (Å²) < 4.78 is 0. The van der Waals surface area contributed by atoms with Crippen molar-refractivity contribution in [2.45, 2.75) is 12.1 Å². The van der Waals surface area contributed by atoms with Crippen LogP contribution in [0.5, 0.6) is 0 Å². The van der Waals surface area contributed by atoms with E-state index < -0.39 is 43.3 Å². The van der Waals surface area contributed by atoms with Crippen LogP contribution in [0, 0.1) is 39.9 Å². The van der Waals surface area contributed by atoms with Gasteiger partial charge in [0.2, 0.25) is 0 Å². The van der Waals surface area contributed by atoms with Crippen LogP contribution >= 0.6 is 0 Å². The Balaban J connectivity index is 0.00000961. The predicted molar refractivity (Wildman–Crippen MR) is 108 cm³/mol. The average Bonchev–Trinajstić information content (AvgIpc) is 2.68. The molecule has 188 valence electrons. The molecule has 0 amide bonds. The topological polar surface area (TPSA) is 186 Å². The van der Waals surface area contributed by atoms with Gasteiger partial charge in [0.1, 0.15) is 0 Å². The Morgan fingerprint density at radius 3 is 1.19 bits per heavy atom. The van der Waals surface area contributed by atoms with E-state index in [0.29, 0.717) is 0 Å². The second kappa shape index (κ2) is 17.0. The van der Waals surface area contributed by atoms with E-state index in [1.807, 2.05) is 0 Å². The maximum atomic E-state index is 11.2. The van der Waals surface area contributed by atoms with Crippen LogP contribution in [0.15, 0.2) is 0 Å². The number of carboxylic acids is 3. The van der Waals surface area contributed by atoms with Gasteiger partial charge in [0.05, 0.1) is 45.0 Å². The Kier molecular flexibility index (Phi) is 16.7. The van der Waals surface area contributed by atoms with Crippen LogP contribution in [0.3, 0.4) is 0 Å². The van der Waals surface area contributed by atoms with Crippen molar-refractivity contribution in [3.05, 3.63) is 0 Å². The van der Waals surface area contributed by atoms with Gasteiger partial charge in [-0.1, -0.05) is 0 Å². The van der Waals surface area contributed by atoms with Crippen molar-refractivity contribution >= 4 is 17.9 Å². The first-order chi connectivity index (χ1) is 14.7. The van der Waals surface area contributed by atoms with Gasteiger partial charge < -0.3 is 30.6 Å². The SMILES string of the molecule is O=C(O)CN1CCN(CC(=O)O)CCN(C(CO)C(O)CO)CCN(CC(=O)O)CC1.[Gd]. The first kappa shape index (κ1) is 31.5. The van der Waals surface area contributed by atoms with Gasteiger partial charge in [0, 0.05) is 92.3 Å². The fraction of sp³-hybridized carbons (Fsp3) is 0.833. The molecule has 0 aromatic heterocycles. The summed E-state index contributed by atoms with van der Waals surface area (Å²) >= 11 is 0. The molecule has 0 aromatic carbocycles. The van der Waals surface area contributed by atoms with E-state index >= 15 is 0 Å². The summed E-state index contributed by atoms with van der Waals surface area (Å²) in [7, 11) is 0. The zero-order valence-corrected chi connectivity index (χ0v) is 20.2. The third kappa shape index (κ3) is 12.6. The van der Waals surface area contributed by atoms with Crippen LogP contribution in [-0.4, -0.2) is 165 Å². The monoisotopic (exact) mass is 608 g/mol. The summed E-state index contributed by atoms with van der Waals surface area (Å²) in [5.41, 5.74) is 0. The molecule has 1 aliphatic rings. The molecule has 2 atom stereocenters. The van der Waals surface area contributed by atoms with E-state index in [1.165, 1.54) is 0 Å². The summed E-state index contributed by atoms with van der Waals surface area (Å²) in [5, 5.41) is 56.6. The molecule has 14 heteroatoms. The molecule has 0 spiro atoms. The predicted octanol–water partition coefficient (Wildman–Crippen LogP) is -3.82. The smallest absolute Gasteiger partial charge is 0.317 e. The molecule has 32 heavy (non-hydrogen) atoms. The third-order valence-corrected chi connectivity index (χ3v) is 5.24. The van der Waals surface area contributed by atoms with Crippen molar-refractivity contribution in [3.63, 3.8) is 0 Å². The van der Waals surface area contributed by atoms with Crippen LogP contribution in [-0.2, 0) is 14.4 Å². The fourth-order valence-electron chi connectivity index (χ4n) is 3.53. The third-order valence-electron chi connectivity index (χ3n) is 5.24. The van der Waals surface area contributed by atoms with Gasteiger partial charge in [-0.25, -0.2) is 0 Å². The molecule has 13 nitrogen and oxygen atoms in total. The summed E-state index contributed by atoms with van der Waals surface area (Å²) in [5.74, 6) is -3.10. The van der Waals surface area contributed by atoms with Gasteiger partial charge in [-0.2, -0.15) is 0 Å². The summed E-state index contributed by atoms with van der Waals surface area (Å²) in [6.07, 6.45) is -1.22. The Labute approximate surface area is 218 Å². The van der Waals surface area contributed by atoms with Crippen LogP contribution in [0.1, 0.15) is 0 Å². The first-order valence-electron chi connectivity index (χ1n) is 10.1. The fourth-order valence-corrected chi connectivity index (χ4v) is 3.53. The summed E-state index contributed by atoms with van der Waals surface area (Å²) in [4.78, 5) is 40.3. The van der Waals surface area contributed by atoms with Gasteiger partial charge in [-0.15, -0.1) is 0 Å². The van der Waals surface area contributed by atoms with Crippen molar-refractivity contribution in [2.75, 3.05) is 85.2 Å². The molecule has 0 bridgehead atoms. The standard InChI is InChI=1S/C18H34N4O9.Gd/c23-12-14(15(25)13-24)22-7-5-20(10-17(28)29)3-1-19(9-16(26)27)2-4-21(6-8-22)11-18(30)31;/h14-15,23-25H,1-13H2,(H,26,27)(H,28,29)(H,30,31);. The van der Waals surface area contributed by atoms with Gasteiger partial charge in [-0.3, -0.25) is 34.0 Å². The second-order valence-corrected chi connectivity index (χ2v) is 7.55. The van der Waals surface area contributed by atoms with E-state index in [4.69, 9.17) is 5.11 Å². The number of carbonyl (C=O) groups is 3. The number of hydrogen-bond donors (Lipinski definition) is 6. The summed E-state index contributed by atoms with van der Waals surface area (Å²) in [6, 6.07) is -0.796. The second-order valence-electron chi connectivity index (χ2n) is 7.55. The van der Waals surface area contributed by atoms with E-state index in [9.17, 15) is 39.9 Å². The zero-order valence-electron chi connectivity index (χ0n) is 17.9. The maximum absolute atomic E-state index is 11.2. The van der Waals surface area contributed by atoms with Crippen LogP contribution in [0.2, 0.25) is 0 Å². The molecule has 6 N–H and O–H groups in total. The molecular weight excluding hydrogens is 573 g/mol. The quantitative estimate of drug-likeness (QED) is 0.142. The number of nitrogens with zero attached hydrogens (tertiary/aromatic N) is 4. The minimum absolute atomic E-state index is 0. The van der Waals surface area contributed by atoms with E-state index in [1.54, 1.807) is 19.6 Å². The number of aliphatic carboxylic acids is 3. The van der Waals surface area contributed by atoms with Crippen LogP contribution in [0.4, 0.5) is 0 Å². The minimum Gasteiger partial charge on any atom is -0.480 e. The molecule has 0 radical (unpaired) electrons. The Hall–Kier alpha value is -0.545. The molecule has 1 fully saturated rings. The molecule has 0 aliphatic carbocycles. The van der Waals surface area contributed by atoms with Crippen molar-refractivity contribution in [1.82, 2.24) is 19.6 Å². The van der Waals surface area contributed by atoms with Gasteiger partial charge >= 0.3 is 17.9 Å². The summed E-state index contributed by atoms with van der Waals surface area (Å²) in [6.45, 7) is 0.396. The maximum Gasteiger partial charge on any atom is 0.317 e. The molecule has 2 unspecified atom stereocenters. The Bertz CT molecular complexity index is 555. The normalized spacial score (nSPS) is 20.3. The molecular formula is C18H34GdN4O9. The van der Waals surface area contributed by atoms with Crippen LogP contribution in [0.25, 0.3) is 0 Å². The molecule has 1 aliphatic heterocycles. The van der Waals surface area contributed by atoms with Crippen LogP contribution < -0.4 is 0 Å². The van der Waals surface area contributed by atoms with Gasteiger partial charge in [0.25, 0.3) is 0 Å². The van der Waals surface area contributed by atoms with Gasteiger partial charge in [0.15, 0.2) is 0 Å². The van der Waals surface area contributed by atoms with E-state index in [2.05, 4.69) is 0 Å². The Morgan fingerprint density at radius 1 is 0.625 bits per heavy atom. The van der Waals surface area contributed by atoms with Crippen molar-refractivity contribution in [1.29, 1.82) is 0 Å². The largest absolute Gasteiger partial charge is 0.480 e. The van der Waals surface area contributed by atoms with Crippen molar-refractivity contribution in [3.8, 4) is 0 Å². The zero-order chi connectivity index (χ0) is 23.4.